The van der Waals surface area contributed by atoms with Crippen LogP contribution in [0.25, 0.3) is 0 Å². The zero-order valence-electron chi connectivity index (χ0n) is 30.6. The zero-order valence-corrected chi connectivity index (χ0v) is 30.6. The highest BCUT2D eigenvalue weighted by Gasteiger charge is 2.65. The van der Waals surface area contributed by atoms with Gasteiger partial charge in [-0.15, -0.1) is 6.58 Å². The van der Waals surface area contributed by atoms with Gasteiger partial charge in [0.2, 0.25) is 5.79 Å². The zero-order chi connectivity index (χ0) is 38.0. The van der Waals surface area contributed by atoms with Crippen LogP contribution in [0.5, 0.6) is 17.2 Å². The molecule has 0 saturated heterocycles. The Hall–Kier alpha value is -4.72. The fourth-order valence-corrected chi connectivity index (χ4v) is 8.05. The predicted molar refractivity (Wildman–Crippen MR) is 199 cm³/mol. The lowest BCUT2D eigenvalue weighted by Gasteiger charge is -2.59. The average molecular weight is 734 g/mol. The van der Waals surface area contributed by atoms with Gasteiger partial charge in [-0.1, -0.05) is 42.8 Å². The van der Waals surface area contributed by atoms with E-state index < -0.39 is 28.8 Å². The van der Waals surface area contributed by atoms with E-state index in [1.165, 1.54) is 29.2 Å². The molecule has 6 unspecified atom stereocenters. The Morgan fingerprint density at radius 3 is 2.42 bits per heavy atom. The van der Waals surface area contributed by atoms with Crippen molar-refractivity contribution in [2.75, 3.05) is 40.1 Å². The Labute approximate surface area is 310 Å². The number of ether oxygens (including phenoxy) is 4. The van der Waals surface area contributed by atoms with Crippen LogP contribution >= 0.6 is 0 Å². The molecule has 0 bridgehead atoms. The Bertz CT molecular complexity index is 1660. The number of benzene rings is 2. The number of carbonyl (C=O) groups excluding carboxylic acids is 1. The summed E-state index contributed by atoms with van der Waals surface area (Å²) in [5.74, 6) is -0.591. The van der Waals surface area contributed by atoms with Gasteiger partial charge >= 0.3 is 6.09 Å². The number of rotatable bonds is 19. The lowest BCUT2D eigenvalue weighted by Crippen LogP contribution is -2.69. The number of likely N-dealkylation sites (N-methyl/N-ethyl adjacent to an activating group) is 1. The number of unbranched alkanes of at least 4 members (excludes halogenated alkanes) is 2. The van der Waals surface area contributed by atoms with E-state index in [1.54, 1.807) is 19.2 Å². The number of aliphatic hydroxyl groups excluding tert-OH is 2. The number of nitro groups is 1. The fourth-order valence-electron chi connectivity index (χ4n) is 8.05. The first-order valence-electron chi connectivity index (χ1n) is 18.4. The number of fused-ring (bicyclic) bond motifs is 2. The summed E-state index contributed by atoms with van der Waals surface area (Å²) in [6, 6.07) is 10.3. The molecule has 2 aromatic carbocycles. The molecule has 286 valence electrons. The quantitative estimate of drug-likeness (QED) is 0.0669. The number of carbonyl (C=O) groups is 1. The van der Waals surface area contributed by atoms with Gasteiger partial charge in [-0.3, -0.25) is 10.1 Å². The number of oxime groups is 1. The van der Waals surface area contributed by atoms with E-state index in [2.05, 4.69) is 24.4 Å². The van der Waals surface area contributed by atoms with Crippen LogP contribution in [0.3, 0.4) is 0 Å². The third-order valence-corrected chi connectivity index (χ3v) is 10.3. The highest BCUT2D eigenvalue weighted by molar-refractivity contribution is 6.03. The second-order valence-electron chi connectivity index (χ2n) is 13.5. The summed E-state index contributed by atoms with van der Waals surface area (Å²) in [6.07, 6.45) is 9.64. The smallest absolute Gasteiger partial charge is 0.415 e. The second-order valence-corrected chi connectivity index (χ2v) is 13.5. The Morgan fingerprint density at radius 1 is 1.06 bits per heavy atom. The molecule has 5 rings (SSSR count). The molecule has 13 nitrogen and oxygen atoms in total. The first kappa shape index (κ1) is 39.5. The van der Waals surface area contributed by atoms with Crippen LogP contribution in [0.4, 0.5) is 10.5 Å². The van der Waals surface area contributed by atoms with E-state index in [0.717, 1.165) is 36.8 Å². The van der Waals surface area contributed by atoms with Crippen molar-refractivity contribution in [1.82, 2.24) is 4.90 Å². The van der Waals surface area contributed by atoms with Crippen molar-refractivity contribution in [3.8, 4) is 17.2 Å². The molecule has 0 aromatic heterocycles. The summed E-state index contributed by atoms with van der Waals surface area (Å²) < 4.78 is 25.7. The van der Waals surface area contributed by atoms with Gasteiger partial charge in [0.1, 0.15) is 36.5 Å². The number of aliphatic hydroxyl groups is 2. The van der Waals surface area contributed by atoms with Crippen molar-refractivity contribution in [3.05, 3.63) is 95.1 Å². The van der Waals surface area contributed by atoms with Gasteiger partial charge in [0.15, 0.2) is 0 Å². The standard InChI is InChI=1S/C40H51N3O10/c1-5-22-49-30-18-19-35-33(25-30)37-31(13-9-11-21-45)27(12-8-10-20-44)24-32-34(41-51-7-3)26-36(40(53-35,38(32)37)50-23-6-2)42(4)39(46)52-29-16-14-28(15-17-29)43(47)48/h5-6,14-19,24-25,27,31,36-38,44-45H,1-2,7-13,20-23,26H2,3-4H3. The van der Waals surface area contributed by atoms with Crippen LogP contribution in [0.15, 0.2) is 84.6 Å². The molecule has 1 heterocycles. The number of hydrogen-bond acceptors (Lipinski definition) is 11. The third kappa shape index (κ3) is 8.58. The van der Waals surface area contributed by atoms with Crippen molar-refractivity contribution >= 4 is 17.5 Å². The van der Waals surface area contributed by atoms with E-state index in [9.17, 15) is 25.1 Å². The van der Waals surface area contributed by atoms with Crippen molar-refractivity contribution in [2.45, 2.75) is 69.6 Å². The maximum absolute atomic E-state index is 14.0. The second kappa shape index (κ2) is 18.4. The molecular weight excluding hydrogens is 682 g/mol. The number of allylic oxidation sites excluding steroid dienone is 1. The molecule has 2 aromatic rings. The molecule has 13 heteroatoms. The summed E-state index contributed by atoms with van der Waals surface area (Å²) in [5, 5.41) is 35.4. The van der Waals surface area contributed by atoms with E-state index >= 15 is 0 Å². The molecule has 0 radical (unpaired) electrons. The monoisotopic (exact) mass is 733 g/mol. The van der Waals surface area contributed by atoms with E-state index in [4.69, 9.17) is 23.8 Å². The van der Waals surface area contributed by atoms with Gasteiger partial charge < -0.3 is 38.9 Å². The van der Waals surface area contributed by atoms with Crippen LogP contribution in [-0.2, 0) is 9.57 Å². The van der Waals surface area contributed by atoms with Crippen LogP contribution in [0.2, 0.25) is 0 Å². The average Bonchev–Trinajstić information content (AvgIpc) is 3.16. The largest absolute Gasteiger partial charge is 0.490 e. The lowest BCUT2D eigenvalue weighted by atomic mass is 9.55. The lowest BCUT2D eigenvalue weighted by molar-refractivity contribution is -0.384. The fraction of sp³-hybridized carbons (Fsp3) is 0.500. The predicted octanol–water partition coefficient (Wildman–Crippen LogP) is 6.94. The number of nitro benzene ring substituents is 1. The van der Waals surface area contributed by atoms with Crippen molar-refractivity contribution in [2.24, 2.45) is 22.9 Å². The van der Waals surface area contributed by atoms with Crippen LogP contribution in [0.1, 0.15) is 63.4 Å². The van der Waals surface area contributed by atoms with Crippen LogP contribution in [0, 0.1) is 27.9 Å². The van der Waals surface area contributed by atoms with Gasteiger partial charge in [-0.05, 0) is 80.3 Å². The van der Waals surface area contributed by atoms with Crippen LogP contribution < -0.4 is 14.2 Å². The summed E-state index contributed by atoms with van der Waals surface area (Å²) in [6.45, 7) is 10.5. The summed E-state index contributed by atoms with van der Waals surface area (Å²) in [4.78, 5) is 31.9. The molecule has 6 atom stereocenters. The Kier molecular flexibility index (Phi) is 13.7. The summed E-state index contributed by atoms with van der Waals surface area (Å²) in [7, 11) is 1.61. The maximum Gasteiger partial charge on any atom is 0.415 e. The first-order chi connectivity index (χ1) is 25.7. The van der Waals surface area contributed by atoms with Gasteiger partial charge in [0, 0.05) is 50.3 Å². The summed E-state index contributed by atoms with van der Waals surface area (Å²) in [5.41, 5.74) is 2.38. The highest BCUT2D eigenvalue weighted by atomic mass is 16.7. The van der Waals surface area contributed by atoms with Crippen LogP contribution in [-0.4, -0.2) is 83.8 Å². The minimum absolute atomic E-state index is 0.0578. The molecule has 0 spiro atoms. The van der Waals surface area contributed by atoms with Gasteiger partial charge in [0.25, 0.3) is 5.69 Å². The Morgan fingerprint density at radius 2 is 1.75 bits per heavy atom. The maximum atomic E-state index is 14.0. The van der Waals surface area contributed by atoms with Crippen molar-refractivity contribution in [1.29, 1.82) is 0 Å². The van der Waals surface area contributed by atoms with Crippen molar-refractivity contribution < 1.29 is 43.7 Å². The molecule has 2 N–H and O–H groups in total. The molecule has 3 aliphatic rings. The van der Waals surface area contributed by atoms with E-state index in [0.29, 0.717) is 43.3 Å². The molecule has 1 amide bonds. The van der Waals surface area contributed by atoms with Crippen molar-refractivity contribution in [3.63, 3.8) is 0 Å². The summed E-state index contributed by atoms with van der Waals surface area (Å²) >= 11 is 0. The normalized spacial score (nSPS) is 24.9. The molecule has 53 heavy (non-hydrogen) atoms. The van der Waals surface area contributed by atoms with E-state index in [1.807, 2.05) is 25.1 Å². The molecule has 2 aliphatic carbocycles. The Balaban J connectivity index is 1.69. The SMILES string of the molecule is C=CCOc1ccc2c(c1)C1C(CCCCO)C(CCCCO)C=C3C(=NOCC)CC(N(C)C(=O)Oc4ccc([N+](=O)[O-])cc4)C(OCC=C)(O2)C31. The number of nitrogens with zero attached hydrogens (tertiary/aromatic N) is 3. The first-order valence-corrected chi connectivity index (χ1v) is 18.4. The van der Waals surface area contributed by atoms with E-state index in [-0.39, 0.29) is 55.4 Å². The molecule has 1 aliphatic heterocycles. The number of non-ortho nitro benzene ring substituents is 1. The molecular formula is C40H51N3O10. The topological polar surface area (TPSA) is 162 Å². The van der Waals surface area contributed by atoms with Gasteiger partial charge in [-0.25, -0.2) is 4.79 Å². The minimum atomic E-state index is -1.44. The number of hydrogen-bond donors (Lipinski definition) is 2. The number of amides is 1. The third-order valence-electron chi connectivity index (χ3n) is 10.3. The molecule has 1 fully saturated rings. The highest BCUT2D eigenvalue weighted by Crippen LogP contribution is 2.61. The molecule has 1 saturated carbocycles. The van der Waals surface area contributed by atoms with Gasteiger partial charge in [-0.2, -0.15) is 0 Å². The van der Waals surface area contributed by atoms with Gasteiger partial charge in [0.05, 0.1) is 23.2 Å². The minimum Gasteiger partial charge on any atom is -0.490 e.